The zero-order valence-corrected chi connectivity index (χ0v) is 41.8. The second-order valence-electron chi connectivity index (χ2n) is 13.8. The Balaban J connectivity index is 1.37. The number of benzene rings is 4. The largest absolute Gasteiger partial charge is 0.871 e. The van der Waals surface area contributed by atoms with Crippen molar-refractivity contribution >= 4 is 87.1 Å². The van der Waals surface area contributed by atoms with Crippen LogP contribution in [0.5, 0.6) is 46.0 Å². The number of hydrogen-bond acceptors (Lipinski definition) is 11. The highest BCUT2D eigenvalue weighted by molar-refractivity contribution is 9.11. The maximum atomic E-state index is 14.1. The van der Waals surface area contributed by atoms with Gasteiger partial charge in [0.05, 0.1) is 80.1 Å². The van der Waals surface area contributed by atoms with Gasteiger partial charge in [0.25, 0.3) is 0 Å². The van der Waals surface area contributed by atoms with Crippen LogP contribution in [0.2, 0.25) is 0 Å². The van der Waals surface area contributed by atoms with Crippen LogP contribution in [0, 0.1) is 0 Å². The van der Waals surface area contributed by atoms with Gasteiger partial charge < -0.3 is 47.7 Å². The van der Waals surface area contributed by atoms with Gasteiger partial charge in [-0.25, -0.2) is 4.42 Å². The maximum absolute atomic E-state index is 14.1. The van der Waals surface area contributed by atoms with Crippen molar-refractivity contribution in [2.45, 2.75) is 0 Å². The molecule has 2 aliphatic rings. The van der Waals surface area contributed by atoms with Gasteiger partial charge in [-0.05, 0) is 148 Å². The smallest absolute Gasteiger partial charge is 0.361 e. The molecule has 330 valence electrons. The fourth-order valence-electron chi connectivity index (χ4n) is 6.86. The van der Waals surface area contributed by atoms with Gasteiger partial charge >= 0.3 is 11.5 Å². The highest BCUT2D eigenvalue weighted by Crippen LogP contribution is 2.46. The number of rotatable bonds is 14. The van der Waals surface area contributed by atoms with E-state index in [1.54, 1.807) is 142 Å². The second-order valence-corrected chi connectivity index (χ2v) is 17.0. The van der Waals surface area contributed by atoms with E-state index in [4.69, 9.17) is 47.0 Å². The molecule has 0 radical (unpaired) electrons. The third-order valence-electron chi connectivity index (χ3n) is 10.2. The van der Waals surface area contributed by atoms with E-state index < -0.39 is 11.5 Å². The SMILES string of the molecule is COc1cc(C2=CC(=CC3=C([O-])C(=Cc4cc(-c5cc(OC)c(Br)c(OC)c5)[o+]c(-c5cc(OC)c(Br)c(OC)c5)c4)C3=O)C=C(c3cc(OC)c(Br)c(OC)c3)O2)cc(OC)c1Br. The molecule has 2 heterocycles. The van der Waals surface area contributed by atoms with Gasteiger partial charge in [-0.15, -0.1) is 0 Å². The molecule has 0 unspecified atom stereocenters. The lowest BCUT2D eigenvalue weighted by molar-refractivity contribution is -0.300. The topological polar surface area (TPSA) is 135 Å². The standard InChI is InChI=1S/C48H38Br4O12/c1-55-35-15-25(16-36(56-2)43(35)49)31-11-23(12-32(63-31)26-17-37(57-3)44(50)38(18-26)58-4)9-29-47(53)30(48(29)54)10-24-13-33(27-19-39(59-5)45(51)40(20-27)60-6)64-34(14-24)28-21-41(61-7)46(52)42(22-28)62-8/h9-22H,1-8H3. The van der Waals surface area contributed by atoms with Crippen molar-refractivity contribution in [3.8, 4) is 68.6 Å². The molecule has 0 atom stereocenters. The van der Waals surface area contributed by atoms with Crippen LogP contribution >= 0.6 is 63.7 Å². The minimum absolute atomic E-state index is 0.0166. The Kier molecular flexibility index (Phi) is 14.2. The van der Waals surface area contributed by atoms with Gasteiger partial charge in [0.15, 0.2) is 5.78 Å². The van der Waals surface area contributed by atoms with E-state index in [1.165, 1.54) is 0 Å². The molecule has 64 heavy (non-hydrogen) atoms. The third kappa shape index (κ3) is 9.01. The molecule has 0 bridgehead atoms. The number of halogens is 4. The second kappa shape index (κ2) is 19.6. The van der Waals surface area contributed by atoms with Gasteiger partial charge in [0, 0.05) is 22.3 Å². The first-order valence-electron chi connectivity index (χ1n) is 19.0. The van der Waals surface area contributed by atoms with Gasteiger partial charge in [-0.1, -0.05) is 5.76 Å². The molecule has 5 aromatic rings. The van der Waals surface area contributed by atoms with Gasteiger partial charge in [0.1, 0.15) is 75.4 Å². The first kappa shape index (κ1) is 46.3. The third-order valence-corrected chi connectivity index (χ3v) is 13.3. The van der Waals surface area contributed by atoms with Gasteiger partial charge in [-0.3, -0.25) is 4.79 Å². The molecule has 0 N–H and O–H groups in total. The summed E-state index contributed by atoms with van der Waals surface area (Å²) in [5, 5.41) is 14.1. The Morgan fingerprint density at radius 1 is 0.484 bits per heavy atom. The summed E-state index contributed by atoms with van der Waals surface area (Å²) in [5.74, 6) is 4.64. The van der Waals surface area contributed by atoms with Crippen LogP contribution in [-0.4, -0.2) is 62.7 Å². The van der Waals surface area contributed by atoms with Crippen molar-refractivity contribution in [3.05, 3.63) is 136 Å². The Morgan fingerprint density at radius 2 is 0.797 bits per heavy atom. The average Bonchev–Trinajstić information content (AvgIpc) is 3.32. The van der Waals surface area contributed by atoms with E-state index in [2.05, 4.69) is 63.7 Å². The molecule has 0 saturated heterocycles. The maximum Gasteiger partial charge on any atom is 0.361 e. The Hall–Kier alpha value is -5.68. The van der Waals surface area contributed by atoms with Crippen molar-refractivity contribution in [2.75, 3.05) is 56.9 Å². The number of hydrogen-bond donors (Lipinski definition) is 0. The molecule has 0 fully saturated rings. The zero-order valence-electron chi connectivity index (χ0n) is 35.5. The number of methoxy groups -OCH3 is 8. The minimum atomic E-state index is -0.448. The predicted molar refractivity (Wildman–Crippen MR) is 255 cm³/mol. The van der Waals surface area contributed by atoms with Crippen LogP contribution in [0.25, 0.3) is 40.2 Å². The average molecular weight is 1130 g/mol. The summed E-state index contributed by atoms with van der Waals surface area (Å²) < 4.78 is 60.4. The number of carbonyl (C=O) groups is 1. The summed E-state index contributed by atoms with van der Waals surface area (Å²) in [6.07, 6.45) is 6.55. The lowest BCUT2D eigenvalue weighted by atomic mass is 9.85. The molecule has 1 aliphatic carbocycles. The molecule has 16 heteroatoms. The van der Waals surface area contributed by atoms with E-state index >= 15 is 0 Å². The van der Waals surface area contributed by atoms with E-state index in [0.29, 0.717) is 120 Å². The van der Waals surface area contributed by atoms with Crippen LogP contribution in [0.1, 0.15) is 16.7 Å². The Labute approximate surface area is 402 Å². The van der Waals surface area contributed by atoms with Gasteiger partial charge in [-0.2, -0.15) is 0 Å². The summed E-state index contributed by atoms with van der Waals surface area (Å²) in [5.41, 5.74) is 3.39. The molecule has 0 saturated carbocycles. The molecule has 12 nitrogen and oxygen atoms in total. The Bertz CT molecular complexity index is 2620. The molecular weight excluding hydrogens is 1090 g/mol. The molecule has 1 aromatic heterocycles. The zero-order chi connectivity index (χ0) is 46.0. The quantitative estimate of drug-likeness (QED) is 0.0774. The molecule has 0 spiro atoms. The molecule has 1 aliphatic heterocycles. The van der Waals surface area contributed by atoms with Crippen molar-refractivity contribution < 1.29 is 56.9 Å². The van der Waals surface area contributed by atoms with E-state index in [-0.39, 0.29) is 11.1 Å². The minimum Gasteiger partial charge on any atom is -0.871 e. The highest BCUT2D eigenvalue weighted by Gasteiger charge is 2.30. The predicted octanol–water partition coefficient (Wildman–Crippen LogP) is 11.6. The van der Waals surface area contributed by atoms with Crippen LogP contribution in [0.3, 0.4) is 0 Å². The molecule has 7 rings (SSSR count). The van der Waals surface area contributed by atoms with Crippen molar-refractivity contribution in [1.82, 2.24) is 0 Å². The van der Waals surface area contributed by atoms with E-state index in [1.807, 2.05) is 0 Å². The number of allylic oxidation sites excluding steroid dienone is 6. The fraction of sp³-hybridized carbons (Fsp3) is 0.167. The van der Waals surface area contributed by atoms with Crippen molar-refractivity contribution in [2.24, 2.45) is 0 Å². The highest BCUT2D eigenvalue weighted by atomic mass is 79.9. The van der Waals surface area contributed by atoms with E-state index in [0.717, 1.165) is 0 Å². The van der Waals surface area contributed by atoms with Gasteiger partial charge in [0.2, 0.25) is 0 Å². The lowest BCUT2D eigenvalue weighted by Gasteiger charge is -2.29. The molecular formula is C48H38Br4O12. The lowest BCUT2D eigenvalue weighted by Crippen LogP contribution is -2.29. The Morgan fingerprint density at radius 3 is 1.09 bits per heavy atom. The molecule has 0 amide bonds. The number of ketones is 1. The summed E-state index contributed by atoms with van der Waals surface area (Å²) in [7, 11) is 12.3. The fourth-order valence-corrected chi connectivity index (χ4v) is 9.07. The summed E-state index contributed by atoms with van der Waals surface area (Å²) in [6.45, 7) is 0. The van der Waals surface area contributed by atoms with Crippen molar-refractivity contribution in [3.63, 3.8) is 0 Å². The number of Topliss-reactive ketones (excluding diaryl/α,β-unsaturated/α-hetero) is 1. The first-order valence-corrected chi connectivity index (χ1v) is 22.1. The van der Waals surface area contributed by atoms with E-state index in [9.17, 15) is 9.90 Å². The van der Waals surface area contributed by atoms with Crippen LogP contribution in [0.4, 0.5) is 0 Å². The van der Waals surface area contributed by atoms with Crippen LogP contribution in [-0.2, 0) is 9.53 Å². The van der Waals surface area contributed by atoms with Crippen LogP contribution < -0.4 is 43.0 Å². The summed E-state index contributed by atoms with van der Waals surface area (Å²) in [6, 6.07) is 17.7. The number of carbonyl (C=O) groups excluding carboxylic acids is 1. The first-order chi connectivity index (χ1) is 30.8. The van der Waals surface area contributed by atoms with Crippen molar-refractivity contribution in [1.29, 1.82) is 0 Å². The summed E-state index contributed by atoms with van der Waals surface area (Å²) >= 11 is 14.1. The molecule has 4 aromatic carbocycles. The monoisotopic (exact) mass is 1120 g/mol. The summed E-state index contributed by atoms with van der Waals surface area (Å²) in [4.78, 5) is 14.1. The number of ether oxygens (including phenoxy) is 9. The van der Waals surface area contributed by atoms with Crippen LogP contribution in [0.15, 0.2) is 124 Å². The normalized spacial score (nSPS) is 14.0.